The number of carbonyl (C=O) groups is 2. The van der Waals surface area contributed by atoms with E-state index in [-0.39, 0.29) is 35.7 Å². The molecule has 9 nitrogen and oxygen atoms in total. The van der Waals surface area contributed by atoms with Crippen LogP contribution in [0.2, 0.25) is 0 Å². The first-order valence-electron chi connectivity index (χ1n) is 10.5. The van der Waals surface area contributed by atoms with Gasteiger partial charge in [0.25, 0.3) is 5.91 Å². The summed E-state index contributed by atoms with van der Waals surface area (Å²) in [6, 6.07) is 6.79. The zero-order valence-electron chi connectivity index (χ0n) is 18.0. The van der Waals surface area contributed by atoms with E-state index in [1.807, 2.05) is 12.1 Å². The number of carbonyl (C=O) groups excluding carboxylic acids is 2. The van der Waals surface area contributed by atoms with E-state index in [1.54, 1.807) is 32.3 Å². The lowest BCUT2D eigenvalue weighted by molar-refractivity contribution is -0.126. The van der Waals surface area contributed by atoms with Gasteiger partial charge in [0.1, 0.15) is 5.75 Å². The highest BCUT2D eigenvalue weighted by molar-refractivity contribution is 7.89. The monoisotopic (exact) mass is 458 g/mol. The minimum atomic E-state index is -3.76. The molecule has 2 aliphatic rings. The molecule has 1 aromatic heterocycles. The predicted molar refractivity (Wildman–Crippen MR) is 117 cm³/mol. The molecule has 2 aromatic rings. The molecule has 0 aliphatic carbocycles. The predicted octanol–water partition coefficient (Wildman–Crippen LogP) is 1.83. The Morgan fingerprint density at radius 1 is 1.31 bits per heavy atom. The second-order valence-electron chi connectivity index (χ2n) is 8.12. The van der Waals surface area contributed by atoms with Gasteiger partial charge in [-0.25, -0.2) is 8.42 Å². The second-order valence-corrected chi connectivity index (χ2v) is 10.0. The third-order valence-electron chi connectivity index (χ3n) is 5.84. The zero-order valence-corrected chi connectivity index (χ0v) is 18.8. The fraction of sp³-hybridized carbons (Fsp3) is 0.409. The lowest BCUT2D eigenvalue weighted by atomic mass is 9.97. The fourth-order valence-corrected chi connectivity index (χ4v) is 5.65. The third-order valence-corrected chi connectivity index (χ3v) is 7.88. The first kappa shape index (κ1) is 22.2. The van der Waals surface area contributed by atoms with Crippen LogP contribution >= 0.6 is 0 Å². The van der Waals surface area contributed by atoms with Crippen LogP contribution in [0.5, 0.6) is 5.75 Å². The van der Waals surface area contributed by atoms with Gasteiger partial charge in [-0.3, -0.25) is 14.6 Å². The summed E-state index contributed by atoms with van der Waals surface area (Å²) in [5.74, 6) is -0.238. The Labute approximate surface area is 187 Å². The molecule has 0 saturated carbocycles. The minimum absolute atomic E-state index is 0.0750. The van der Waals surface area contributed by atoms with E-state index < -0.39 is 16.1 Å². The van der Waals surface area contributed by atoms with E-state index in [9.17, 15) is 18.0 Å². The Kier molecular flexibility index (Phi) is 6.16. The van der Waals surface area contributed by atoms with Crippen molar-refractivity contribution in [2.75, 3.05) is 18.4 Å². The van der Waals surface area contributed by atoms with Gasteiger partial charge in [0, 0.05) is 44.0 Å². The van der Waals surface area contributed by atoms with Gasteiger partial charge < -0.3 is 15.4 Å². The largest absolute Gasteiger partial charge is 0.479 e. The molecule has 1 atom stereocenters. The average Bonchev–Trinajstić information content (AvgIpc) is 2.79. The van der Waals surface area contributed by atoms with Crippen LogP contribution in [0, 0.1) is 12.8 Å². The van der Waals surface area contributed by atoms with Crippen LogP contribution in [0.25, 0.3) is 0 Å². The summed E-state index contributed by atoms with van der Waals surface area (Å²) in [4.78, 5) is 28.5. The number of sulfonamides is 1. The van der Waals surface area contributed by atoms with Gasteiger partial charge in [-0.05, 0) is 49.9 Å². The van der Waals surface area contributed by atoms with Crippen LogP contribution in [-0.2, 0) is 26.2 Å². The quantitative estimate of drug-likeness (QED) is 0.706. The molecule has 32 heavy (non-hydrogen) atoms. The summed E-state index contributed by atoms with van der Waals surface area (Å²) in [5.41, 5.74) is 1.91. The maximum absolute atomic E-state index is 13.3. The second kappa shape index (κ2) is 8.87. The van der Waals surface area contributed by atoms with E-state index in [2.05, 4.69) is 15.6 Å². The molecule has 1 aromatic carbocycles. The number of nitrogens with zero attached hydrogens (tertiary/aromatic N) is 2. The number of aromatic nitrogens is 1. The number of hydrogen-bond acceptors (Lipinski definition) is 6. The molecule has 0 spiro atoms. The molecule has 10 heteroatoms. The van der Waals surface area contributed by atoms with E-state index >= 15 is 0 Å². The summed E-state index contributed by atoms with van der Waals surface area (Å²) in [7, 11) is -3.76. The molecule has 2 amide bonds. The van der Waals surface area contributed by atoms with Crippen molar-refractivity contribution < 1.29 is 22.7 Å². The maximum Gasteiger partial charge on any atom is 0.265 e. The number of piperidine rings is 1. The first-order chi connectivity index (χ1) is 15.3. The van der Waals surface area contributed by atoms with Crippen molar-refractivity contribution in [2.45, 2.75) is 44.2 Å². The minimum Gasteiger partial charge on any atom is -0.479 e. The van der Waals surface area contributed by atoms with Gasteiger partial charge in [-0.1, -0.05) is 6.07 Å². The number of nitrogens with one attached hydrogen (secondary N) is 2. The van der Waals surface area contributed by atoms with Crippen LogP contribution in [-0.4, -0.2) is 48.7 Å². The molecular formula is C22H26N4O5S. The highest BCUT2D eigenvalue weighted by Crippen LogP contribution is 2.36. The topological polar surface area (TPSA) is 118 Å². The van der Waals surface area contributed by atoms with E-state index in [0.29, 0.717) is 36.4 Å². The molecule has 4 rings (SSSR count). The summed E-state index contributed by atoms with van der Waals surface area (Å²) in [6.45, 7) is 4.22. The Morgan fingerprint density at radius 3 is 2.75 bits per heavy atom. The van der Waals surface area contributed by atoms with Gasteiger partial charge in [0.05, 0.1) is 10.6 Å². The molecule has 1 fully saturated rings. The van der Waals surface area contributed by atoms with Gasteiger partial charge in [-0.15, -0.1) is 0 Å². The van der Waals surface area contributed by atoms with Crippen LogP contribution in [0.15, 0.2) is 41.6 Å². The van der Waals surface area contributed by atoms with Gasteiger partial charge >= 0.3 is 0 Å². The fourth-order valence-electron chi connectivity index (χ4n) is 3.95. The van der Waals surface area contributed by atoms with Crippen molar-refractivity contribution in [2.24, 2.45) is 5.92 Å². The highest BCUT2D eigenvalue weighted by atomic mass is 32.2. The number of amides is 2. The Hall–Kier alpha value is -2.98. The number of anilines is 1. The van der Waals surface area contributed by atoms with Crippen LogP contribution in [0.1, 0.15) is 30.9 Å². The molecule has 3 heterocycles. The number of rotatable bonds is 5. The van der Waals surface area contributed by atoms with E-state index in [4.69, 9.17) is 4.74 Å². The summed E-state index contributed by atoms with van der Waals surface area (Å²) in [6.07, 6.45) is 3.58. The molecule has 0 unspecified atom stereocenters. The molecule has 0 radical (unpaired) electrons. The average molecular weight is 459 g/mol. The normalized spacial score (nSPS) is 19.6. The molecule has 2 N–H and O–H groups in total. The van der Waals surface area contributed by atoms with Gasteiger partial charge in [0.15, 0.2) is 6.10 Å². The van der Waals surface area contributed by atoms with Crippen molar-refractivity contribution in [1.82, 2.24) is 14.6 Å². The van der Waals surface area contributed by atoms with Crippen LogP contribution in [0.4, 0.5) is 5.69 Å². The lowest BCUT2D eigenvalue weighted by Gasteiger charge is -2.31. The Morgan fingerprint density at radius 2 is 2.06 bits per heavy atom. The van der Waals surface area contributed by atoms with E-state index in [0.717, 1.165) is 5.56 Å². The first-order valence-corrected chi connectivity index (χ1v) is 12.0. The molecule has 170 valence electrons. The third kappa shape index (κ3) is 4.46. The van der Waals surface area contributed by atoms with Gasteiger partial charge in [0.2, 0.25) is 15.9 Å². The van der Waals surface area contributed by atoms with E-state index in [1.165, 1.54) is 10.4 Å². The Balaban J connectivity index is 1.41. The number of pyridine rings is 1. The number of fused-ring (bicyclic) bond motifs is 1. The summed E-state index contributed by atoms with van der Waals surface area (Å²) >= 11 is 0. The molecule has 0 bridgehead atoms. The van der Waals surface area contributed by atoms with Crippen molar-refractivity contribution >= 4 is 27.5 Å². The number of ether oxygens (including phenoxy) is 1. The number of aryl methyl sites for hydroxylation is 1. The van der Waals surface area contributed by atoms with Gasteiger partial charge in [-0.2, -0.15) is 4.31 Å². The number of hydrogen-bond donors (Lipinski definition) is 2. The zero-order chi connectivity index (χ0) is 22.9. The van der Waals surface area contributed by atoms with Crippen molar-refractivity contribution in [3.8, 4) is 5.75 Å². The lowest BCUT2D eigenvalue weighted by Crippen LogP contribution is -2.43. The molecule has 2 aliphatic heterocycles. The highest BCUT2D eigenvalue weighted by Gasteiger charge is 2.34. The van der Waals surface area contributed by atoms with Crippen molar-refractivity contribution in [3.05, 3.63) is 47.8 Å². The summed E-state index contributed by atoms with van der Waals surface area (Å²) < 4.78 is 33.6. The number of benzene rings is 1. The Bertz CT molecular complexity index is 1130. The van der Waals surface area contributed by atoms with Crippen LogP contribution < -0.4 is 15.4 Å². The maximum atomic E-state index is 13.3. The van der Waals surface area contributed by atoms with Crippen molar-refractivity contribution in [1.29, 1.82) is 0 Å². The smallest absolute Gasteiger partial charge is 0.265 e. The standard InChI is InChI=1S/C22H26N4O5S/c1-14-10-18-19(31-15(2)21(27)25-18)11-20(14)32(29,30)26-8-5-17(6-9-26)22(28)24-13-16-4-3-7-23-12-16/h3-4,7,10-12,15,17H,5-6,8-9,13H2,1-2H3,(H,24,28)(H,25,27)/t15-/m0/s1. The molecular weight excluding hydrogens is 432 g/mol. The summed E-state index contributed by atoms with van der Waals surface area (Å²) in [5, 5.41) is 5.64. The van der Waals surface area contributed by atoms with Crippen LogP contribution in [0.3, 0.4) is 0 Å². The molecule has 1 saturated heterocycles. The van der Waals surface area contributed by atoms with Crippen molar-refractivity contribution in [3.63, 3.8) is 0 Å². The SMILES string of the molecule is Cc1cc2c(cc1S(=O)(=O)N1CCC(C(=O)NCc3cccnc3)CC1)O[C@@H](C)C(=O)N2.